The quantitative estimate of drug-likeness (QED) is 0.628. The van der Waals surface area contributed by atoms with Crippen LogP contribution in [-0.2, 0) is 10.3 Å². The summed E-state index contributed by atoms with van der Waals surface area (Å²) < 4.78 is 0. The Kier molecular flexibility index (Phi) is 7.11. The van der Waals surface area contributed by atoms with Crippen LogP contribution in [-0.4, -0.2) is 37.1 Å². The first-order chi connectivity index (χ1) is 15.3. The summed E-state index contributed by atoms with van der Waals surface area (Å²) in [5.41, 5.74) is 14.5. The molecular weight excluding hydrogens is 420 g/mol. The number of carbonyl (C=O) groups excluding carboxylic acids is 1. The van der Waals surface area contributed by atoms with Crippen molar-refractivity contribution in [2.75, 3.05) is 14.1 Å². The molecule has 1 aliphatic rings. The molecule has 1 aliphatic heterocycles. The highest BCUT2D eigenvalue weighted by molar-refractivity contribution is 7.10. The van der Waals surface area contributed by atoms with Crippen molar-refractivity contribution in [1.29, 1.82) is 5.26 Å². The highest BCUT2D eigenvalue weighted by Crippen LogP contribution is 2.44. The molecule has 4 N–H and O–H groups in total. The number of aliphatic imine (C=N–C) groups is 2. The molecule has 0 spiro atoms. The molecule has 0 fully saturated rings. The molecule has 7 nitrogen and oxygen atoms in total. The second-order valence-electron chi connectivity index (χ2n) is 7.98. The fourth-order valence-corrected chi connectivity index (χ4v) is 5.08. The highest BCUT2D eigenvalue weighted by atomic mass is 32.1. The molecule has 2 heterocycles. The van der Waals surface area contributed by atoms with Crippen LogP contribution in [0.25, 0.3) is 11.1 Å². The van der Waals surface area contributed by atoms with Crippen LogP contribution in [0.15, 0.2) is 57.5 Å². The Morgan fingerprint density at radius 2 is 2.19 bits per heavy atom. The van der Waals surface area contributed by atoms with Gasteiger partial charge in [-0.15, -0.1) is 11.3 Å². The number of allylic oxidation sites excluding steroid dienone is 1. The van der Waals surface area contributed by atoms with E-state index in [0.717, 1.165) is 34.4 Å². The van der Waals surface area contributed by atoms with E-state index in [-0.39, 0.29) is 17.8 Å². The topological polar surface area (TPSA) is 121 Å². The molecule has 0 bridgehead atoms. The van der Waals surface area contributed by atoms with Gasteiger partial charge in [0.15, 0.2) is 5.96 Å². The number of rotatable bonds is 7. The summed E-state index contributed by atoms with van der Waals surface area (Å²) in [7, 11) is 3.37. The van der Waals surface area contributed by atoms with Crippen LogP contribution in [0.4, 0.5) is 0 Å². The zero-order valence-electron chi connectivity index (χ0n) is 18.6. The number of thiophene rings is 1. The normalized spacial score (nSPS) is 21.6. The first-order valence-electron chi connectivity index (χ1n) is 10.4. The zero-order valence-corrected chi connectivity index (χ0v) is 19.4. The lowest BCUT2D eigenvalue weighted by atomic mass is 9.78. The summed E-state index contributed by atoms with van der Waals surface area (Å²) >= 11 is 1.56. The molecule has 8 heteroatoms. The molecule has 0 saturated carbocycles. The number of nitriles is 1. The maximum atomic E-state index is 13.2. The lowest BCUT2D eigenvalue weighted by Crippen LogP contribution is -2.53. The Morgan fingerprint density at radius 3 is 2.88 bits per heavy atom. The standard InChI is InChI=1S/C24H28N6OS/c1-24(21-11-19(15-32-21)18-8-4-6-16(10-18)12-25)20(22(31)30(3)23(27)29-24)9-5-7-17(13-26)14-28-2/h4,6,8,10-11,13-15,20H,5,7,9,26H2,1-3H3,(H2,27,29)/b17-13-,28-14?/t20?,24-/m0/s1. The Morgan fingerprint density at radius 1 is 1.41 bits per heavy atom. The van der Waals surface area contributed by atoms with E-state index in [1.807, 2.05) is 30.5 Å². The number of benzene rings is 1. The molecule has 1 unspecified atom stereocenters. The SMILES string of the molecule is CN=C/C(=C\N)CCCC1C(=O)N(C)C(N)=N[C@]1(C)c1cc(-c2cccc(C#N)c2)cs1. The first-order valence-corrected chi connectivity index (χ1v) is 11.3. The number of amides is 1. The minimum atomic E-state index is -0.769. The van der Waals surface area contributed by atoms with E-state index >= 15 is 0 Å². The molecular formula is C24H28N6OS. The number of nitrogens with zero attached hydrogens (tertiary/aromatic N) is 4. The van der Waals surface area contributed by atoms with E-state index in [4.69, 9.17) is 16.5 Å². The zero-order chi connectivity index (χ0) is 23.3. The van der Waals surface area contributed by atoms with Gasteiger partial charge >= 0.3 is 0 Å². The number of hydrogen-bond acceptors (Lipinski definition) is 7. The molecule has 0 aliphatic carbocycles. The fraction of sp³-hybridized carbons (Fsp3) is 0.333. The van der Waals surface area contributed by atoms with Gasteiger partial charge in [-0.25, -0.2) is 4.99 Å². The monoisotopic (exact) mass is 448 g/mol. The van der Waals surface area contributed by atoms with Crippen molar-refractivity contribution in [3.8, 4) is 17.2 Å². The molecule has 3 rings (SSSR count). The van der Waals surface area contributed by atoms with E-state index in [9.17, 15) is 10.1 Å². The van der Waals surface area contributed by atoms with Crippen LogP contribution in [0, 0.1) is 17.2 Å². The van der Waals surface area contributed by atoms with Crippen molar-refractivity contribution in [3.05, 3.63) is 57.9 Å². The van der Waals surface area contributed by atoms with Gasteiger partial charge in [-0.3, -0.25) is 14.7 Å². The van der Waals surface area contributed by atoms with E-state index < -0.39 is 5.54 Å². The molecule has 32 heavy (non-hydrogen) atoms. The van der Waals surface area contributed by atoms with Crippen LogP contribution in [0.2, 0.25) is 0 Å². The van der Waals surface area contributed by atoms with Gasteiger partial charge in [0.25, 0.3) is 0 Å². The molecule has 166 valence electrons. The maximum absolute atomic E-state index is 13.2. The second-order valence-corrected chi connectivity index (χ2v) is 8.89. The fourth-order valence-electron chi connectivity index (χ4n) is 4.00. The summed E-state index contributed by atoms with van der Waals surface area (Å²) in [5, 5.41) is 11.2. The van der Waals surface area contributed by atoms with Crippen molar-refractivity contribution >= 4 is 29.4 Å². The lowest BCUT2D eigenvalue weighted by Gasteiger charge is -2.40. The van der Waals surface area contributed by atoms with Crippen molar-refractivity contribution in [1.82, 2.24) is 4.90 Å². The maximum Gasteiger partial charge on any atom is 0.234 e. The van der Waals surface area contributed by atoms with Crippen molar-refractivity contribution in [3.63, 3.8) is 0 Å². The van der Waals surface area contributed by atoms with Gasteiger partial charge in [-0.1, -0.05) is 12.1 Å². The molecule has 1 aromatic heterocycles. The van der Waals surface area contributed by atoms with Gasteiger partial charge < -0.3 is 11.5 Å². The van der Waals surface area contributed by atoms with Gasteiger partial charge in [0.1, 0.15) is 5.54 Å². The third kappa shape index (κ3) is 4.58. The summed E-state index contributed by atoms with van der Waals surface area (Å²) in [4.78, 5) is 24.4. The second kappa shape index (κ2) is 9.79. The predicted octanol–water partition coefficient (Wildman–Crippen LogP) is 3.62. The van der Waals surface area contributed by atoms with Crippen LogP contribution < -0.4 is 11.5 Å². The number of hydrogen-bond donors (Lipinski definition) is 2. The first kappa shape index (κ1) is 23.2. The third-order valence-corrected chi connectivity index (χ3v) is 7.05. The Labute approximate surface area is 192 Å². The summed E-state index contributed by atoms with van der Waals surface area (Å²) in [6, 6.07) is 11.7. The number of guanidine groups is 1. The van der Waals surface area contributed by atoms with Crippen LogP contribution in [0.5, 0.6) is 0 Å². The van der Waals surface area contributed by atoms with E-state index in [1.54, 1.807) is 43.9 Å². The van der Waals surface area contributed by atoms with Crippen LogP contribution >= 0.6 is 11.3 Å². The van der Waals surface area contributed by atoms with Gasteiger partial charge in [0, 0.05) is 25.2 Å². The van der Waals surface area contributed by atoms with Crippen LogP contribution in [0.1, 0.15) is 36.6 Å². The molecule has 0 saturated heterocycles. The van der Waals surface area contributed by atoms with Gasteiger partial charge in [-0.2, -0.15) is 5.26 Å². The highest BCUT2D eigenvalue weighted by Gasteiger charge is 2.46. The minimum Gasteiger partial charge on any atom is -0.404 e. The predicted molar refractivity (Wildman–Crippen MR) is 130 cm³/mol. The third-order valence-electron chi connectivity index (χ3n) is 5.89. The van der Waals surface area contributed by atoms with Crippen molar-refractivity contribution < 1.29 is 4.79 Å². The Balaban J connectivity index is 1.93. The molecule has 2 atom stereocenters. The van der Waals surface area contributed by atoms with Gasteiger partial charge in [-0.05, 0) is 72.7 Å². The van der Waals surface area contributed by atoms with Gasteiger partial charge in [0.2, 0.25) is 5.91 Å². The van der Waals surface area contributed by atoms with Crippen LogP contribution in [0.3, 0.4) is 0 Å². The largest absolute Gasteiger partial charge is 0.404 e. The Hall–Kier alpha value is -3.44. The molecule has 0 radical (unpaired) electrons. The average Bonchev–Trinajstić information content (AvgIpc) is 3.30. The molecule has 1 amide bonds. The van der Waals surface area contributed by atoms with Gasteiger partial charge in [0.05, 0.1) is 17.6 Å². The summed E-state index contributed by atoms with van der Waals surface area (Å²) in [5.74, 6) is -0.172. The average molecular weight is 449 g/mol. The lowest BCUT2D eigenvalue weighted by molar-refractivity contribution is -0.134. The summed E-state index contributed by atoms with van der Waals surface area (Å²) in [6.45, 7) is 1.98. The Bertz CT molecular complexity index is 1130. The van der Waals surface area contributed by atoms with E-state index in [0.29, 0.717) is 12.0 Å². The van der Waals surface area contributed by atoms with E-state index in [2.05, 4.69) is 17.1 Å². The number of nitrogens with two attached hydrogens (primary N) is 2. The van der Waals surface area contributed by atoms with Crippen molar-refractivity contribution in [2.24, 2.45) is 27.4 Å². The minimum absolute atomic E-state index is 0.0381. The van der Waals surface area contributed by atoms with E-state index in [1.165, 1.54) is 4.90 Å². The number of carbonyl (C=O) groups is 1. The molecule has 1 aromatic carbocycles. The smallest absolute Gasteiger partial charge is 0.234 e. The molecule has 2 aromatic rings. The van der Waals surface area contributed by atoms with Crippen molar-refractivity contribution in [2.45, 2.75) is 31.7 Å². The summed E-state index contributed by atoms with van der Waals surface area (Å²) in [6.07, 6.45) is 5.44.